The van der Waals surface area contributed by atoms with Gasteiger partial charge in [0, 0.05) is 30.4 Å². The molecule has 0 bridgehead atoms. The van der Waals surface area contributed by atoms with Crippen molar-refractivity contribution in [3.05, 3.63) is 52.2 Å². The molecule has 0 saturated heterocycles. The van der Waals surface area contributed by atoms with Gasteiger partial charge in [-0.05, 0) is 32.0 Å². The maximum atomic E-state index is 11.9. The molecule has 0 spiro atoms. The predicted octanol–water partition coefficient (Wildman–Crippen LogP) is 0.958. The first kappa shape index (κ1) is 19.2. The standard InChI is InChI=1S/C18H21N3O5/c1-12-8-18(24)21(11-20-12)7-6-19-17(23)10-26-15-5-4-14(13(2)22)9-16(15)25-3/h4-5,8-9,11H,6-7,10H2,1-3H3,(H,19,23). The number of amides is 1. The molecule has 26 heavy (non-hydrogen) atoms. The SMILES string of the molecule is COc1cc(C(C)=O)ccc1OCC(=O)NCCn1cnc(C)cc1=O. The molecular formula is C18H21N3O5. The largest absolute Gasteiger partial charge is 0.493 e. The van der Waals surface area contributed by atoms with Gasteiger partial charge >= 0.3 is 0 Å². The van der Waals surface area contributed by atoms with E-state index in [2.05, 4.69) is 10.3 Å². The Balaban J connectivity index is 1.85. The molecule has 0 fully saturated rings. The average molecular weight is 359 g/mol. The zero-order valence-corrected chi connectivity index (χ0v) is 14.9. The highest BCUT2D eigenvalue weighted by molar-refractivity contribution is 5.94. The van der Waals surface area contributed by atoms with Crippen molar-refractivity contribution in [1.82, 2.24) is 14.9 Å². The summed E-state index contributed by atoms with van der Waals surface area (Å²) in [4.78, 5) is 39.0. The lowest BCUT2D eigenvalue weighted by Crippen LogP contribution is -2.33. The van der Waals surface area contributed by atoms with Crippen LogP contribution in [0.2, 0.25) is 0 Å². The first-order valence-electron chi connectivity index (χ1n) is 8.02. The van der Waals surface area contributed by atoms with Gasteiger partial charge in [-0.15, -0.1) is 0 Å². The minimum Gasteiger partial charge on any atom is -0.493 e. The maximum absolute atomic E-state index is 11.9. The molecule has 138 valence electrons. The molecular weight excluding hydrogens is 338 g/mol. The number of aromatic nitrogens is 2. The number of benzene rings is 1. The Labute approximate surface area is 150 Å². The fraction of sp³-hybridized carbons (Fsp3) is 0.333. The summed E-state index contributed by atoms with van der Waals surface area (Å²) in [5, 5.41) is 2.66. The summed E-state index contributed by atoms with van der Waals surface area (Å²) in [5.74, 6) is 0.318. The molecule has 8 heteroatoms. The van der Waals surface area contributed by atoms with Gasteiger partial charge in [0.25, 0.3) is 11.5 Å². The van der Waals surface area contributed by atoms with E-state index < -0.39 is 0 Å². The minimum atomic E-state index is -0.337. The Morgan fingerprint density at radius 1 is 1.23 bits per heavy atom. The molecule has 1 amide bonds. The number of hydrogen-bond donors (Lipinski definition) is 1. The Morgan fingerprint density at radius 3 is 2.65 bits per heavy atom. The lowest BCUT2D eigenvalue weighted by Gasteiger charge is -2.12. The third-order valence-corrected chi connectivity index (χ3v) is 3.62. The molecule has 0 aliphatic carbocycles. The van der Waals surface area contributed by atoms with Crippen LogP contribution in [-0.4, -0.2) is 41.5 Å². The molecule has 0 aliphatic heterocycles. The van der Waals surface area contributed by atoms with Crippen molar-refractivity contribution < 1.29 is 19.1 Å². The molecule has 2 aromatic rings. The summed E-state index contributed by atoms with van der Waals surface area (Å²) >= 11 is 0. The Kier molecular flexibility index (Phi) is 6.48. The lowest BCUT2D eigenvalue weighted by molar-refractivity contribution is -0.123. The molecule has 2 rings (SSSR count). The number of nitrogens with zero attached hydrogens (tertiary/aromatic N) is 2. The Hall–Kier alpha value is -3.16. The van der Waals surface area contributed by atoms with Gasteiger partial charge in [0.05, 0.1) is 13.4 Å². The maximum Gasteiger partial charge on any atom is 0.258 e. The second-order valence-corrected chi connectivity index (χ2v) is 5.62. The predicted molar refractivity (Wildman–Crippen MR) is 94.7 cm³/mol. The zero-order chi connectivity index (χ0) is 19.1. The zero-order valence-electron chi connectivity index (χ0n) is 14.9. The van der Waals surface area contributed by atoms with Gasteiger partial charge in [0.15, 0.2) is 23.9 Å². The summed E-state index contributed by atoms with van der Waals surface area (Å²) in [5.41, 5.74) is 0.975. The van der Waals surface area contributed by atoms with Gasteiger partial charge in [-0.3, -0.25) is 19.0 Å². The number of aryl methyl sites for hydroxylation is 1. The minimum absolute atomic E-state index is 0.0894. The molecule has 0 unspecified atom stereocenters. The number of ketones is 1. The number of carbonyl (C=O) groups is 2. The van der Waals surface area contributed by atoms with Gasteiger partial charge in [-0.25, -0.2) is 4.98 Å². The molecule has 1 aromatic carbocycles. The first-order chi connectivity index (χ1) is 12.4. The van der Waals surface area contributed by atoms with Crippen molar-refractivity contribution >= 4 is 11.7 Å². The fourth-order valence-corrected chi connectivity index (χ4v) is 2.20. The normalized spacial score (nSPS) is 10.3. The summed E-state index contributed by atoms with van der Waals surface area (Å²) < 4.78 is 12.0. The highest BCUT2D eigenvalue weighted by Crippen LogP contribution is 2.28. The van der Waals surface area contributed by atoms with Gasteiger partial charge in [-0.1, -0.05) is 0 Å². The van der Waals surface area contributed by atoms with E-state index in [1.165, 1.54) is 31.0 Å². The Morgan fingerprint density at radius 2 is 2.00 bits per heavy atom. The monoisotopic (exact) mass is 359 g/mol. The molecule has 0 aliphatic rings. The molecule has 0 saturated carbocycles. The second-order valence-electron chi connectivity index (χ2n) is 5.62. The van der Waals surface area contributed by atoms with E-state index in [0.29, 0.717) is 29.3 Å². The van der Waals surface area contributed by atoms with E-state index >= 15 is 0 Å². The Bertz CT molecular complexity index is 860. The average Bonchev–Trinajstić information content (AvgIpc) is 2.61. The number of Topliss-reactive ketones (excluding diaryl/α,β-unsaturated/α-hetero) is 1. The molecule has 1 heterocycles. The van der Waals surface area contributed by atoms with Crippen LogP contribution in [0, 0.1) is 6.92 Å². The molecule has 8 nitrogen and oxygen atoms in total. The number of methoxy groups -OCH3 is 1. The van der Waals surface area contributed by atoms with Crippen molar-refractivity contribution in [2.45, 2.75) is 20.4 Å². The summed E-state index contributed by atoms with van der Waals surface area (Å²) in [6, 6.07) is 6.18. The van der Waals surface area contributed by atoms with Crippen molar-refractivity contribution in [3.8, 4) is 11.5 Å². The summed E-state index contributed by atoms with van der Waals surface area (Å²) in [6.07, 6.45) is 1.45. The van der Waals surface area contributed by atoms with Crippen LogP contribution in [0.5, 0.6) is 11.5 Å². The first-order valence-corrected chi connectivity index (χ1v) is 8.02. The number of hydrogen-bond acceptors (Lipinski definition) is 6. The van der Waals surface area contributed by atoms with Crippen molar-refractivity contribution in [1.29, 1.82) is 0 Å². The van der Waals surface area contributed by atoms with Crippen LogP contribution in [0.4, 0.5) is 0 Å². The van der Waals surface area contributed by atoms with Crippen LogP contribution >= 0.6 is 0 Å². The van der Waals surface area contributed by atoms with Crippen LogP contribution in [0.25, 0.3) is 0 Å². The van der Waals surface area contributed by atoms with Crippen LogP contribution in [-0.2, 0) is 11.3 Å². The van der Waals surface area contributed by atoms with E-state index in [4.69, 9.17) is 9.47 Å². The van der Waals surface area contributed by atoms with E-state index in [9.17, 15) is 14.4 Å². The van der Waals surface area contributed by atoms with E-state index in [-0.39, 0.29) is 30.4 Å². The smallest absolute Gasteiger partial charge is 0.258 e. The summed E-state index contributed by atoms with van der Waals surface area (Å²) in [6.45, 7) is 3.57. The number of ether oxygens (including phenoxy) is 2. The van der Waals surface area contributed by atoms with Crippen molar-refractivity contribution in [3.63, 3.8) is 0 Å². The molecule has 1 N–H and O–H groups in total. The van der Waals surface area contributed by atoms with Crippen molar-refractivity contribution in [2.24, 2.45) is 0 Å². The van der Waals surface area contributed by atoms with E-state index in [1.54, 1.807) is 25.1 Å². The van der Waals surface area contributed by atoms with Crippen LogP contribution < -0.4 is 20.3 Å². The highest BCUT2D eigenvalue weighted by Gasteiger charge is 2.10. The van der Waals surface area contributed by atoms with Gasteiger partial charge in [0.2, 0.25) is 0 Å². The third kappa shape index (κ3) is 5.17. The van der Waals surface area contributed by atoms with Crippen molar-refractivity contribution in [2.75, 3.05) is 20.3 Å². The van der Waals surface area contributed by atoms with Crippen LogP contribution in [0.15, 0.2) is 35.4 Å². The van der Waals surface area contributed by atoms with Gasteiger partial charge < -0.3 is 14.8 Å². The van der Waals surface area contributed by atoms with Gasteiger partial charge in [0.1, 0.15) is 0 Å². The molecule has 0 atom stereocenters. The number of carbonyl (C=O) groups excluding carboxylic acids is 2. The molecule has 0 radical (unpaired) electrons. The third-order valence-electron chi connectivity index (χ3n) is 3.62. The number of rotatable bonds is 8. The highest BCUT2D eigenvalue weighted by atomic mass is 16.5. The van der Waals surface area contributed by atoms with Crippen LogP contribution in [0.1, 0.15) is 23.0 Å². The van der Waals surface area contributed by atoms with Crippen LogP contribution in [0.3, 0.4) is 0 Å². The lowest BCUT2D eigenvalue weighted by atomic mass is 10.1. The van der Waals surface area contributed by atoms with E-state index in [1.807, 2.05) is 0 Å². The molecule has 1 aromatic heterocycles. The van der Waals surface area contributed by atoms with Gasteiger partial charge in [-0.2, -0.15) is 0 Å². The topological polar surface area (TPSA) is 99.5 Å². The number of nitrogens with one attached hydrogen (secondary N) is 1. The quantitative estimate of drug-likeness (QED) is 0.705. The fourth-order valence-electron chi connectivity index (χ4n) is 2.20. The van der Waals surface area contributed by atoms with E-state index in [0.717, 1.165) is 0 Å². The second kappa shape index (κ2) is 8.80. The summed E-state index contributed by atoms with van der Waals surface area (Å²) in [7, 11) is 1.46.